The number of hydrogen-bond donors (Lipinski definition) is 1. The first-order valence-electron chi connectivity index (χ1n) is 4.80. The molecule has 5 heteroatoms. The standard InChI is InChI=1S/C11H10F3NO/c1-10(6-15-10)9(16)7-3-2-4-8(5-7)11(12,13)14/h2-5,15H,6H2,1H3/t10-/m1/s1. The first kappa shape index (κ1) is 11.1. The molecule has 1 heterocycles. The van der Waals surface area contributed by atoms with Crippen LogP contribution in [0, 0.1) is 0 Å². The zero-order chi connectivity index (χ0) is 12.0. The van der Waals surface area contributed by atoms with Crippen LogP contribution in [-0.4, -0.2) is 17.9 Å². The molecule has 0 spiro atoms. The van der Waals surface area contributed by atoms with E-state index in [1.165, 1.54) is 12.1 Å². The quantitative estimate of drug-likeness (QED) is 0.624. The summed E-state index contributed by atoms with van der Waals surface area (Å²) in [5, 5.41) is 2.84. The summed E-state index contributed by atoms with van der Waals surface area (Å²) in [5.74, 6) is -0.293. The second kappa shape index (κ2) is 3.31. The molecule has 0 aromatic heterocycles. The van der Waals surface area contributed by atoms with Crippen molar-refractivity contribution in [1.82, 2.24) is 5.32 Å². The van der Waals surface area contributed by atoms with Gasteiger partial charge in [-0.1, -0.05) is 12.1 Å². The van der Waals surface area contributed by atoms with Crippen LogP contribution in [0.15, 0.2) is 24.3 Å². The topological polar surface area (TPSA) is 39.0 Å². The highest BCUT2D eigenvalue weighted by molar-refractivity contribution is 6.05. The van der Waals surface area contributed by atoms with Gasteiger partial charge in [0.25, 0.3) is 0 Å². The lowest BCUT2D eigenvalue weighted by Gasteiger charge is -2.10. The first-order valence-corrected chi connectivity index (χ1v) is 4.80. The minimum atomic E-state index is -4.41. The third-order valence-electron chi connectivity index (χ3n) is 2.66. The van der Waals surface area contributed by atoms with Gasteiger partial charge in [-0.2, -0.15) is 13.2 Å². The Morgan fingerprint density at radius 1 is 1.44 bits per heavy atom. The molecule has 0 unspecified atom stereocenters. The molecule has 0 aliphatic carbocycles. The molecule has 1 aromatic carbocycles. The summed E-state index contributed by atoms with van der Waals surface area (Å²) in [6.45, 7) is 2.19. The first-order chi connectivity index (χ1) is 7.33. The van der Waals surface area contributed by atoms with Gasteiger partial charge in [-0.3, -0.25) is 4.79 Å². The minimum Gasteiger partial charge on any atom is -0.301 e. The monoisotopic (exact) mass is 229 g/mol. The normalized spacial score (nSPS) is 24.2. The predicted octanol–water partition coefficient (Wildman–Crippen LogP) is 2.25. The number of carbonyl (C=O) groups excluding carboxylic acids is 1. The third kappa shape index (κ3) is 1.95. The Morgan fingerprint density at radius 3 is 2.56 bits per heavy atom. The van der Waals surface area contributed by atoms with E-state index in [1.807, 2.05) is 0 Å². The molecule has 1 fully saturated rings. The third-order valence-corrected chi connectivity index (χ3v) is 2.66. The Balaban J connectivity index is 2.33. The van der Waals surface area contributed by atoms with Crippen LogP contribution in [0.2, 0.25) is 0 Å². The molecule has 2 rings (SSSR count). The minimum absolute atomic E-state index is 0.0994. The number of carbonyl (C=O) groups is 1. The summed E-state index contributed by atoms with van der Waals surface area (Å²) >= 11 is 0. The molecule has 1 N–H and O–H groups in total. The molecule has 0 amide bonds. The molecule has 1 aromatic rings. The lowest BCUT2D eigenvalue weighted by molar-refractivity contribution is -0.137. The summed E-state index contributed by atoms with van der Waals surface area (Å²) in [4.78, 5) is 11.8. The molecule has 0 saturated carbocycles. The molecule has 16 heavy (non-hydrogen) atoms. The Kier molecular flexibility index (Phi) is 2.31. The van der Waals surface area contributed by atoms with Crippen molar-refractivity contribution >= 4 is 5.78 Å². The molecule has 86 valence electrons. The van der Waals surface area contributed by atoms with Crippen LogP contribution >= 0.6 is 0 Å². The second-order valence-electron chi connectivity index (χ2n) is 4.09. The van der Waals surface area contributed by atoms with E-state index in [0.29, 0.717) is 6.54 Å². The molecular formula is C11H10F3NO. The van der Waals surface area contributed by atoms with E-state index < -0.39 is 17.3 Å². The van der Waals surface area contributed by atoms with E-state index in [0.717, 1.165) is 12.1 Å². The molecule has 1 aliphatic rings. The van der Waals surface area contributed by atoms with E-state index in [9.17, 15) is 18.0 Å². The Labute approximate surface area is 90.5 Å². The molecule has 0 bridgehead atoms. The van der Waals surface area contributed by atoms with Gasteiger partial charge < -0.3 is 5.32 Å². The molecule has 2 nitrogen and oxygen atoms in total. The maximum atomic E-state index is 12.4. The van der Waals surface area contributed by atoms with Gasteiger partial charge >= 0.3 is 6.18 Å². The number of rotatable bonds is 2. The SMILES string of the molecule is C[C@]1(C(=O)c2cccc(C(F)(F)F)c2)CN1. The lowest BCUT2D eigenvalue weighted by atomic mass is 9.98. The second-order valence-corrected chi connectivity index (χ2v) is 4.09. The van der Waals surface area contributed by atoms with E-state index in [2.05, 4.69) is 5.32 Å². The van der Waals surface area contributed by atoms with Gasteiger partial charge in [0.15, 0.2) is 5.78 Å². The van der Waals surface area contributed by atoms with Crippen LogP contribution in [-0.2, 0) is 6.18 Å². The van der Waals surface area contributed by atoms with Crippen molar-refractivity contribution in [2.75, 3.05) is 6.54 Å². The number of benzene rings is 1. The molecule has 0 radical (unpaired) electrons. The number of halogens is 3. The van der Waals surface area contributed by atoms with Crippen LogP contribution in [0.4, 0.5) is 13.2 Å². The number of ketones is 1. The van der Waals surface area contributed by atoms with Gasteiger partial charge in [-0.15, -0.1) is 0 Å². The summed E-state index contributed by atoms with van der Waals surface area (Å²) in [6.07, 6.45) is -4.41. The van der Waals surface area contributed by atoms with E-state index in [-0.39, 0.29) is 11.3 Å². The smallest absolute Gasteiger partial charge is 0.301 e. The average Bonchev–Trinajstić information content (AvgIpc) is 2.96. The molecule has 1 atom stereocenters. The summed E-state index contributed by atoms with van der Waals surface area (Å²) in [6, 6.07) is 4.51. The van der Waals surface area contributed by atoms with Gasteiger partial charge in [0.2, 0.25) is 0 Å². The van der Waals surface area contributed by atoms with Gasteiger partial charge in [-0.05, 0) is 19.1 Å². The number of hydrogen-bond acceptors (Lipinski definition) is 2. The lowest BCUT2D eigenvalue weighted by Crippen LogP contribution is -2.24. The summed E-state index contributed by atoms with van der Waals surface area (Å²) in [7, 11) is 0. The zero-order valence-electron chi connectivity index (χ0n) is 8.56. The number of Topliss-reactive ketones (excluding diaryl/α,β-unsaturated/α-hetero) is 1. The highest BCUT2D eigenvalue weighted by atomic mass is 19.4. The van der Waals surface area contributed by atoms with Gasteiger partial charge in [0.05, 0.1) is 11.1 Å². The fourth-order valence-corrected chi connectivity index (χ4v) is 1.45. The van der Waals surface area contributed by atoms with E-state index in [1.54, 1.807) is 6.92 Å². The van der Waals surface area contributed by atoms with E-state index >= 15 is 0 Å². The fourth-order valence-electron chi connectivity index (χ4n) is 1.45. The predicted molar refractivity (Wildman–Crippen MR) is 52.2 cm³/mol. The number of nitrogens with one attached hydrogen (secondary N) is 1. The van der Waals surface area contributed by atoms with Crippen molar-refractivity contribution in [2.45, 2.75) is 18.6 Å². The van der Waals surface area contributed by atoms with Gasteiger partial charge in [-0.25, -0.2) is 0 Å². The molecule has 1 saturated heterocycles. The molecule has 1 aliphatic heterocycles. The maximum absolute atomic E-state index is 12.4. The molecular weight excluding hydrogens is 219 g/mol. The highest BCUT2D eigenvalue weighted by Gasteiger charge is 2.45. The largest absolute Gasteiger partial charge is 0.416 e. The van der Waals surface area contributed by atoms with Gasteiger partial charge in [0, 0.05) is 12.1 Å². The average molecular weight is 229 g/mol. The maximum Gasteiger partial charge on any atom is 0.416 e. The van der Waals surface area contributed by atoms with Crippen molar-refractivity contribution in [3.63, 3.8) is 0 Å². The summed E-state index contributed by atoms with van der Waals surface area (Å²) < 4.78 is 37.2. The van der Waals surface area contributed by atoms with Crippen LogP contribution < -0.4 is 5.32 Å². The zero-order valence-corrected chi connectivity index (χ0v) is 8.56. The Bertz CT molecular complexity index is 435. The van der Waals surface area contributed by atoms with Crippen molar-refractivity contribution in [2.24, 2.45) is 0 Å². The van der Waals surface area contributed by atoms with Crippen LogP contribution in [0.1, 0.15) is 22.8 Å². The van der Waals surface area contributed by atoms with Crippen LogP contribution in [0.25, 0.3) is 0 Å². The van der Waals surface area contributed by atoms with Crippen molar-refractivity contribution in [1.29, 1.82) is 0 Å². The number of alkyl halides is 3. The highest BCUT2D eigenvalue weighted by Crippen LogP contribution is 2.31. The van der Waals surface area contributed by atoms with Crippen LogP contribution in [0.3, 0.4) is 0 Å². The van der Waals surface area contributed by atoms with Crippen molar-refractivity contribution in [3.05, 3.63) is 35.4 Å². The van der Waals surface area contributed by atoms with Crippen molar-refractivity contribution in [3.8, 4) is 0 Å². The van der Waals surface area contributed by atoms with Crippen molar-refractivity contribution < 1.29 is 18.0 Å². The van der Waals surface area contributed by atoms with E-state index in [4.69, 9.17) is 0 Å². The fraction of sp³-hybridized carbons (Fsp3) is 0.364. The Hall–Kier alpha value is -1.36. The van der Waals surface area contributed by atoms with Gasteiger partial charge in [0.1, 0.15) is 0 Å². The summed E-state index contributed by atoms with van der Waals surface area (Å²) in [5.41, 5.74) is -1.37. The Morgan fingerprint density at radius 2 is 2.06 bits per heavy atom. The van der Waals surface area contributed by atoms with Crippen LogP contribution in [0.5, 0.6) is 0 Å².